The van der Waals surface area contributed by atoms with Gasteiger partial charge in [0.25, 0.3) is 0 Å². The van der Waals surface area contributed by atoms with Gasteiger partial charge in [-0.3, -0.25) is 4.79 Å². The number of nitrogens with zero attached hydrogens (tertiary/aromatic N) is 1. The second-order valence-corrected chi connectivity index (χ2v) is 3.38. The predicted molar refractivity (Wildman–Crippen MR) is 61.0 cm³/mol. The molecule has 1 aromatic carbocycles. The normalized spacial score (nSPS) is 11.3. The van der Waals surface area contributed by atoms with Crippen molar-refractivity contribution >= 4 is 11.7 Å². The highest BCUT2D eigenvalue weighted by atomic mass is 16.5. The van der Waals surface area contributed by atoms with E-state index in [0.717, 1.165) is 11.3 Å². The lowest BCUT2D eigenvalue weighted by Gasteiger charge is -2.10. The molecule has 0 aliphatic rings. The zero-order valence-corrected chi connectivity index (χ0v) is 9.36. The number of hydrogen-bond acceptors (Lipinski definition) is 4. The third-order valence-corrected chi connectivity index (χ3v) is 2.34. The maximum Gasteiger partial charge on any atom is 0.312 e. The highest BCUT2D eigenvalue weighted by Gasteiger charge is 2.14. The molecular formula is C12H14N2O2. The maximum atomic E-state index is 11.3. The van der Waals surface area contributed by atoms with Crippen molar-refractivity contribution in [1.29, 1.82) is 5.26 Å². The first-order valence-electron chi connectivity index (χ1n) is 4.97. The summed E-state index contributed by atoms with van der Waals surface area (Å²) in [5.41, 5.74) is 1.76. The molecule has 0 aromatic heterocycles. The van der Waals surface area contributed by atoms with Crippen molar-refractivity contribution in [3.05, 3.63) is 29.8 Å². The molecule has 1 N–H and O–H groups in total. The molecule has 0 amide bonds. The summed E-state index contributed by atoms with van der Waals surface area (Å²) < 4.78 is 4.66. The Morgan fingerprint density at radius 3 is 2.62 bits per heavy atom. The Bertz CT molecular complexity index is 392. The van der Waals surface area contributed by atoms with Gasteiger partial charge in [-0.05, 0) is 24.6 Å². The summed E-state index contributed by atoms with van der Waals surface area (Å²) in [6.45, 7) is 2.06. The molecule has 0 bridgehead atoms. The second-order valence-electron chi connectivity index (χ2n) is 3.38. The molecule has 0 aliphatic carbocycles. The molecule has 1 rings (SSSR count). The molecule has 0 saturated carbocycles. The number of anilines is 1. The average molecular weight is 218 g/mol. The predicted octanol–water partition coefficient (Wildman–Crippen LogP) is 1.90. The van der Waals surface area contributed by atoms with Gasteiger partial charge in [0, 0.05) is 5.69 Å². The molecule has 0 saturated heterocycles. The number of rotatable bonds is 4. The van der Waals surface area contributed by atoms with Gasteiger partial charge in [0.05, 0.1) is 19.1 Å². The van der Waals surface area contributed by atoms with Gasteiger partial charge in [-0.25, -0.2) is 0 Å². The summed E-state index contributed by atoms with van der Waals surface area (Å²) in [5, 5.41) is 11.3. The largest absolute Gasteiger partial charge is 0.469 e. The van der Waals surface area contributed by atoms with Crippen LogP contribution in [-0.4, -0.2) is 19.6 Å². The maximum absolute atomic E-state index is 11.3. The Kier molecular flexibility index (Phi) is 4.34. The van der Waals surface area contributed by atoms with Crippen LogP contribution in [0.15, 0.2) is 24.3 Å². The van der Waals surface area contributed by atoms with E-state index in [1.54, 1.807) is 6.92 Å². The zero-order valence-electron chi connectivity index (χ0n) is 9.36. The fraction of sp³-hybridized carbons (Fsp3) is 0.333. The van der Waals surface area contributed by atoms with Crippen LogP contribution in [0.2, 0.25) is 0 Å². The molecular weight excluding hydrogens is 204 g/mol. The van der Waals surface area contributed by atoms with E-state index in [0.29, 0.717) is 0 Å². The van der Waals surface area contributed by atoms with Gasteiger partial charge in [0.15, 0.2) is 0 Å². The van der Waals surface area contributed by atoms with Gasteiger partial charge >= 0.3 is 5.97 Å². The lowest BCUT2D eigenvalue weighted by molar-refractivity contribution is -0.141. The Balaban J connectivity index is 2.71. The molecule has 0 heterocycles. The average Bonchev–Trinajstić information content (AvgIpc) is 2.35. The topological polar surface area (TPSA) is 62.1 Å². The van der Waals surface area contributed by atoms with Crippen molar-refractivity contribution < 1.29 is 9.53 Å². The summed E-state index contributed by atoms with van der Waals surface area (Å²) in [5.74, 6) is -0.521. The van der Waals surface area contributed by atoms with E-state index in [2.05, 4.69) is 10.1 Å². The Morgan fingerprint density at radius 1 is 1.50 bits per heavy atom. The zero-order chi connectivity index (χ0) is 12.0. The Morgan fingerprint density at radius 2 is 2.12 bits per heavy atom. The first-order valence-corrected chi connectivity index (χ1v) is 4.97. The third-order valence-electron chi connectivity index (χ3n) is 2.34. The fourth-order valence-electron chi connectivity index (χ4n) is 1.34. The van der Waals surface area contributed by atoms with Crippen molar-refractivity contribution in [2.75, 3.05) is 19.0 Å². The van der Waals surface area contributed by atoms with Gasteiger partial charge in [-0.15, -0.1) is 0 Å². The van der Waals surface area contributed by atoms with Crippen molar-refractivity contribution in [1.82, 2.24) is 0 Å². The summed E-state index contributed by atoms with van der Waals surface area (Å²) in [6, 6.07) is 9.37. The van der Waals surface area contributed by atoms with E-state index in [1.807, 2.05) is 30.3 Å². The molecule has 1 unspecified atom stereocenters. The van der Waals surface area contributed by atoms with Crippen LogP contribution < -0.4 is 5.32 Å². The van der Waals surface area contributed by atoms with Crippen molar-refractivity contribution in [2.24, 2.45) is 0 Å². The number of nitrogens with one attached hydrogen (secondary N) is 1. The van der Waals surface area contributed by atoms with Crippen LogP contribution in [0.25, 0.3) is 0 Å². The monoisotopic (exact) mass is 218 g/mol. The summed E-state index contributed by atoms with van der Waals surface area (Å²) in [6.07, 6.45) is 0. The van der Waals surface area contributed by atoms with E-state index in [1.165, 1.54) is 7.11 Å². The minimum atomic E-state index is -0.269. The number of benzene rings is 1. The van der Waals surface area contributed by atoms with Crippen LogP contribution in [0.1, 0.15) is 18.4 Å². The van der Waals surface area contributed by atoms with Gasteiger partial charge in [0.1, 0.15) is 6.54 Å². The minimum absolute atomic E-state index is 0.252. The minimum Gasteiger partial charge on any atom is -0.469 e. The van der Waals surface area contributed by atoms with E-state index in [4.69, 9.17) is 5.26 Å². The molecule has 16 heavy (non-hydrogen) atoms. The van der Waals surface area contributed by atoms with Crippen LogP contribution in [0.3, 0.4) is 0 Å². The summed E-state index contributed by atoms with van der Waals surface area (Å²) >= 11 is 0. The van der Waals surface area contributed by atoms with E-state index in [9.17, 15) is 4.79 Å². The van der Waals surface area contributed by atoms with Crippen LogP contribution >= 0.6 is 0 Å². The highest BCUT2D eigenvalue weighted by molar-refractivity contribution is 5.77. The van der Waals surface area contributed by atoms with Crippen LogP contribution in [-0.2, 0) is 9.53 Å². The van der Waals surface area contributed by atoms with E-state index >= 15 is 0 Å². The Hall–Kier alpha value is -2.02. The number of ether oxygens (including phenoxy) is 1. The van der Waals surface area contributed by atoms with E-state index in [-0.39, 0.29) is 18.4 Å². The SMILES string of the molecule is COC(=O)C(C)c1ccc(NCC#N)cc1. The van der Waals surface area contributed by atoms with Gasteiger partial charge in [-0.2, -0.15) is 5.26 Å². The van der Waals surface area contributed by atoms with Crippen molar-refractivity contribution in [2.45, 2.75) is 12.8 Å². The standard InChI is InChI=1S/C12H14N2O2/c1-9(12(15)16-2)10-3-5-11(6-4-10)14-8-7-13/h3-6,9,14H,8H2,1-2H3. The molecule has 4 heteroatoms. The first kappa shape index (κ1) is 12.1. The quantitative estimate of drug-likeness (QED) is 0.619. The number of carbonyl (C=O) groups excluding carboxylic acids is 1. The fourth-order valence-corrected chi connectivity index (χ4v) is 1.34. The van der Waals surface area contributed by atoms with Crippen LogP contribution in [0, 0.1) is 11.3 Å². The third kappa shape index (κ3) is 2.99. The Labute approximate surface area is 94.8 Å². The molecule has 0 radical (unpaired) electrons. The molecule has 4 nitrogen and oxygen atoms in total. The van der Waals surface area contributed by atoms with Crippen molar-refractivity contribution in [3.63, 3.8) is 0 Å². The number of methoxy groups -OCH3 is 1. The van der Waals surface area contributed by atoms with Gasteiger partial charge < -0.3 is 10.1 Å². The molecule has 0 aliphatic heterocycles. The summed E-state index contributed by atoms with van der Waals surface area (Å²) in [7, 11) is 1.38. The lowest BCUT2D eigenvalue weighted by atomic mass is 10.0. The molecule has 1 aromatic rings. The molecule has 0 spiro atoms. The lowest BCUT2D eigenvalue weighted by Crippen LogP contribution is -2.10. The van der Waals surface area contributed by atoms with Crippen molar-refractivity contribution in [3.8, 4) is 6.07 Å². The number of nitriles is 1. The number of esters is 1. The highest BCUT2D eigenvalue weighted by Crippen LogP contribution is 2.18. The number of carbonyl (C=O) groups is 1. The molecule has 1 atom stereocenters. The first-order chi connectivity index (χ1) is 7.69. The van der Waals surface area contributed by atoms with Crippen LogP contribution in [0.4, 0.5) is 5.69 Å². The van der Waals surface area contributed by atoms with Gasteiger partial charge in [-0.1, -0.05) is 12.1 Å². The van der Waals surface area contributed by atoms with E-state index < -0.39 is 0 Å². The molecule has 84 valence electrons. The van der Waals surface area contributed by atoms with Crippen LogP contribution in [0.5, 0.6) is 0 Å². The number of hydrogen-bond donors (Lipinski definition) is 1. The summed E-state index contributed by atoms with van der Waals surface area (Å²) in [4.78, 5) is 11.3. The second kappa shape index (κ2) is 5.76. The smallest absolute Gasteiger partial charge is 0.312 e. The molecule has 0 fully saturated rings. The van der Waals surface area contributed by atoms with Gasteiger partial charge in [0.2, 0.25) is 0 Å².